The fourth-order valence-corrected chi connectivity index (χ4v) is 3.83. The summed E-state index contributed by atoms with van der Waals surface area (Å²) in [6.45, 7) is 14.6. The molecule has 0 radical (unpaired) electrons. The van der Waals surface area contributed by atoms with E-state index in [0.717, 1.165) is 44.3 Å². The standard InChI is InChI=1S/C17H34N2O/c1-5-16-7-6-15(4)19(16)12-17(8-9-20-13-17)11-18-10-14(2)3/h14-16,18H,5-13H2,1-4H3. The van der Waals surface area contributed by atoms with Gasteiger partial charge in [0.05, 0.1) is 6.61 Å². The maximum atomic E-state index is 5.77. The van der Waals surface area contributed by atoms with Crippen molar-refractivity contribution in [2.24, 2.45) is 11.3 Å². The molecule has 20 heavy (non-hydrogen) atoms. The van der Waals surface area contributed by atoms with Crippen molar-refractivity contribution in [2.75, 3.05) is 32.8 Å². The molecule has 0 aliphatic carbocycles. The van der Waals surface area contributed by atoms with E-state index in [-0.39, 0.29) is 0 Å². The van der Waals surface area contributed by atoms with Gasteiger partial charge in [0.25, 0.3) is 0 Å². The van der Waals surface area contributed by atoms with Crippen LogP contribution in [0.2, 0.25) is 0 Å². The van der Waals surface area contributed by atoms with Crippen LogP contribution in [0.4, 0.5) is 0 Å². The fraction of sp³-hybridized carbons (Fsp3) is 1.00. The maximum Gasteiger partial charge on any atom is 0.0547 e. The molecule has 0 aromatic heterocycles. The molecule has 2 saturated heterocycles. The highest BCUT2D eigenvalue weighted by molar-refractivity contribution is 4.94. The van der Waals surface area contributed by atoms with E-state index >= 15 is 0 Å². The summed E-state index contributed by atoms with van der Waals surface area (Å²) in [5.74, 6) is 0.725. The molecule has 2 aliphatic rings. The molecule has 2 rings (SSSR count). The Bertz CT molecular complexity index is 287. The average molecular weight is 282 g/mol. The van der Waals surface area contributed by atoms with Gasteiger partial charge in [-0.2, -0.15) is 0 Å². The topological polar surface area (TPSA) is 24.5 Å². The SMILES string of the molecule is CCC1CCC(C)N1CC1(CNCC(C)C)CCOC1. The Morgan fingerprint density at radius 3 is 2.75 bits per heavy atom. The lowest BCUT2D eigenvalue weighted by molar-refractivity contribution is 0.0835. The predicted molar refractivity (Wildman–Crippen MR) is 85.1 cm³/mol. The van der Waals surface area contributed by atoms with Crippen molar-refractivity contribution in [1.82, 2.24) is 10.2 Å². The molecule has 1 N–H and O–H groups in total. The number of likely N-dealkylation sites (tertiary alicyclic amines) is 1. The summed E-state index contributed by atoms with van der Waals surface area (Å²) in [5, 5.41) is 3.68. The smallest absolute Gasteiger partial charge is 0.0547 e. The first-order valence-corrected chi connectivity index (χ1v) is 8.60. The molecule has 2 fully saturated rings. The van der Waals surface area contributed by atoms with Crippen LogP contribution in [-0.4, -0.2) is 49.8 Å². The highest BCUT2D eigenvalue weighted by Gasteiger charge is 2.40. The van der Waals surface area contributed by atoms with Crippen molar-refractivity contribution < 1.29 is 4.74 Å². The Morgan fingerprint density at radius 2 is 2.15 bits per heavy atom. The van der Waals surface area contributed by atoms with Gasteiger partial charge in [0.2, 0.25) is 0 Å². The van der Waals surface area contributed by atoms with E-state index in [2.05, 4.69) is 37.9 Å². The quantitative estimate of drug-likeness (QED) is 0.777. The van der Waals surface area contributed by atoms with Gasteiger partial charge in [-0.15, -0.1) is 0 Å². The van der Waals surface area contributed by atoms with Crippen molar-refractivity contribution in [3.8, 4) is 0 Å². The number of nitrogens with one attached hydrogen (secondary N) is 1. The van der Waals surface area contributed by atoms with Gasteiger partial charge in [-0.3, -0.25) is 4.90 Å². The summed E-state index contributed by atoms with van der Waals surface area (Å²) in [4.78, 5) is 2.77. The van der Waals surface area contributed by atoms with Gasteiger partial charge >= 0.3 is 0 Å². The first-order chi connectivity index (χ1) is 9.56. The zero-order chi connectivity index (χ0) is 14.6. The number of nitrogens with zero attached hydrogens (tertiary/aromatic N) is 1. The van der Waals surface area contributed by atoms with Crippen LogP contribution in [0.25, 0.3) is 0 Å². The largest absolute Gasteiger partial charge is 0.381 e. The fourth-order valence-electron chi connectivity index (χ4n) is 3.83. The summed E-state index contributed by atoms with van der Waals surface area (Å²) in [6.07, 6.45) is 5.27. The molecule has 3 heteroatoms. The maximum absolute atomic E-state index is 5.77. The second kappa shape index (κ2) is 7.24. The molecular formula is C17H34N2O. The Kier molecular flexibility index (Phi) is 5.88. The highest BCUT2D eigenvalue weighted by atomic mass is 16.5. The van der Waals surface area contributed by atoms with Gasteiger partial charge in [-0.1, -0.05) is 20.8 Å². The van der Waals surface area contributed by atoms with Gasteiger partial charge in [0.15, 0.2) is 0 Å². The molecule has 2 aliphatic heterocycles. The highest BCUT2D eigenvalue weighted by Crippen LogP contribution is 2.35. The molecule has 0 saturated carbocycles. The Hall–Kier alpha value is -0.120. The molecule has 2 heterocycles. The van der Waals surface area contributed by atoms with E-state index in [0.29, 0.717) is 5.41 Å². The summed E-state index contributed by atoms with van der Waals surface area (Å²) in [6, 6.07) is 1.55. The average Bonchev–Trinajstić information content (AvgIpc) is 2.99. The van der Waals surface area contributed by atoms with Crippen LogP contribution in [0, 0.1) is 11.3 Å². The van der Waals surface area contributed by atoms with E-state index in [1.807, 2.05) is 0 Å². The van der Waals surface area contributed by atoms with Crippen LogP contribution in [0.5, 0.6) is 0 Å². The number of hydrogen-bond acceptors (Lipinski definition) is 3. The zero-order valence-electron chi connectivity index (χ0n) is 14.0. The van der Waals surface area contributed by atoms with Crippen LogP contribution in [0.15, 0.2) is 0 Å². The number of ether oxygens (including phenoxy) is 1. The lowest BCUT2D eigenvalue weighted by atomic mass is 9.85. The summed E-state index contributed by atoms with van der Waals surface area (Å²) >= 11 is 0. The van der Waals surface area contributed by atoms with Gasteiger partial charge in [0.1, 0.15) is 0 Å². The van der Waals surface area contributed by atoms with Gasteiger partial charge < -0.3 is 10.1 Å². The van der Waals surface area contributed by atoms with Crippen LogP contribution in [-0.2, 0) is 4.74 Å². The van der Waals surface area contributed by atoms with Crippen molar-refractivity contribution in [3.05, 3.63) is 0 Å². The van der Waals surface area contributed by atoms with Crippen molar-refractivity contribution >= 4 is 0 Å². The monoisotopic (exact) mass is 282 g/mol. The molecule has 0 amide bonds. The summed E-state index contributed by atoms with van der Waals surface area (Å²) in [5.41, 5.74) is 0.348. The molecule has 3 atom stereocenters. The third kappa shape index (κ3) is 3.96. The van der Waals surface area contributed by atoms with Crippen molar-refractivity contribution in [2.45, 2.75) is 65.5 Å². The van der Waals surface area contributed by atoms with E-state index in [4.69, 9.17) is 4.74 Å². The predicted octanol–water partition coefficient (Wildman–Crippen LogP) is 2.90. The number of hydrogen-bond donors (Lipinski definition) is 1. The molecule has 3 nitrogen and oxygen atoms in total. The lowest BCUT2D eigenvalue weighted by Gasteiger charge is -2.37. The molecule has 0 bridgehead atoms. The summed E-state index contributed by atoms with van der Waals surface area (Å²) < 4.78 is 5.77. The molecule has 3 unspecified atom stereocenters. The molecule has 0 aromatic rings. The minimum atomic E-state index is 0.348. The third-order valence-corrected chi connectivity index (χ3v) is 5.18. The molecule has 0 spiro atoms. The Morgan fingerprint density at radius 1 is 1.35 bits per heavy atom. The first-order valence-electron chi connectivity index (χ1n) is 8.60. The second-order valence-corrected chi connectivity index (χ2v) is 7.49. The van der Waals surface area contributed by atoms with Crippen LogP contribution in [0.1, 0.15) is 53.4 Å². The third-order valence-electron chi connectivity index (χ3n) is 5.18. The van der Waals surface area contributed by atoms with E-state index in [1.165, 1.54) is 32.2 Å². The van der Waals surface area contributed by atoms with E-state index < -0.39 is 0 Å². The molecule has 0 aromatic carbocycles. The van der Waals surface area contributed by atoms with Crippen molar-refractivity contribution in [3.63, 3.8) is 0 Å². The van der Waals surface area contributed by atoms with Crippen LogP contribution >= 0.6 is 0 Å². The van der Waals surface area contributed by atoms with E-state index in [1.54, 1.807) is 0 Å². The zero-order valence-corrected chi connectivity index (χ0v) is 14.0. The lowest BCUT2D eigenvalue weighted by Crippen LogP contribution is -2.48. The minimum absolute atomic E-state index is 0.348. The Balaban J connectivity index is 1.94. The Labute approximate surface area is 125 Å². The normalized spacial score (nSPS) is 35.2. The molecular weight excluding hydrogens is 248 g/mol. The molecule has 118 valence electrons. The van der Waals surface area contributed by atoms with Gasteiger partial charge in [0, 0.05) is 37.2 Å². The number of rotatable bonds is 7. The van der Waals surface area contributed by atoms with E-state index in [9.17, 15) is 0 Å². The van der Waals surface area contributed by atoms with Crippen LogP contribution in [0.3, 0.4) is 0 Å². The first kappa shape index (κ1) is 16.3. The second-order valence-electron chi connectivity index (χ2n) is 7.49. The van der Waals surface area contributed by atoms with Gasteiger partial charge in [-0.05, 0) is 45.1 Å². The van der Waals surface area contributed by atoms with Crippen LogP contribution < -0.4 is 5.32 Å². The summed E-state index contributed by atoms with van der Waals surface area (Å²) in [7, 11) is 0. The minimum Gasteiger partial charge on any atom is -0.381 e. The van der Waals surface area contributed by atoms with Gasteiger partial charge in [-0.25, -0.2) is 0 Å². The van der Waals surface area contributed by atoms with Crippen molar-refractivity contribution in [1.29, 1.82) is 0 Å².